The molecular formula is C31H37BrF2N4O5. The number of nitrogens with zero attached hydrogens (tertiary/aromatic N) is 3. The average Bonchev–Trinajstić information content (AvgIpc) is 3.53. The van der Waals surface area contributed by atoms with E-state index in [4.69, 9.17) is 19.3 Å². The van der Waals surface area contributed by atoms with E-state index in [0.717, 1.165) is 35.5 Å². The molecule has 9 nitrogen and oxygen atoms in total. The van der Waals surface area contributed by atoms with Crippen LogP contribution in [0.2, 0.25) is 0 Å². The van der Waals surface area contributed by atoms with E-state index in [1.165, 1.54) is 23.4 Å². The zero-order valence-corrected chi connectivity index (χ0v) is 25.7. The molecule has 2 fully saturated rings. The van der Waals surface area contributed by atoms with Crippen LogP contribution < -0.4 is 10.1 Å². The molecule has 2 aliphatic heterocycles. The largest absolute Gasteiger partial charge is 0.491 e. The molecule has 1 aromatic heterocycles. The third-order valence-electron chi connectivity index (χ3n) is 8.10. The van der Waals surface area contributed by atoms with Gasteiger partial charge in [0.2, 0.25) is 0 Å². The van der Waals surface area contributed by atoms with E-state index in [1.54, 1.807) is 6.07 Å². The molecule has 0 bridgehead atoms. The topological polar surface area (TPSA) is 106 Å². The van der Waals surface area contributed by atoms with E-state index in [1.807, 2.05) is 25.1 Å². The molecule has 2 aromatic carbocycles. The van der Waals surface area contributed by atoms with Crippen molar-refractivity contribution in [2.75, 3.05) is 38.2 Å². The summed E-state index contributed by atoms with van der Waals surface area (Å²) in [6.07, 6.45) is 4.31. The van der Waals surface area contributed by atoms with Gasteiger partial charge in [0.25, 0.3) is 5.92 Å². The van der Waals surface area contributed by atoms with Gasteiger partial charge in [-0.3, -0.25) is 0 Å². The zero-order chi connectivity index (χ0) is 30.4. The Morgan fingerprint density at radius 1 is 1.16 bits per heavy atom. The third kappa shape index (κ3) is 7.71. The third-order valence-corrected chi connectivity index (χ3v) is 8.56. The van der Waals surface area contributed by atoms with Crippen LogP contribution in [-0.2, 0) is 15.4 Å². The molecule has 232 valence electrons. The van der Waals surface area contributed by atoms with Crippen LogP contribution in [0.4, 0.5) is 19.4 Å². The van der Waals surface area contributed by atoms with E-state index >= 15 is 8.78 Å². The second-order valence-corrected chi connectivity index (χ2v) is 12.0. The molecule has 1 atom stereocenters. The lowest BCUT2D eigenvalue weighted by Crippen LogP contribution is -2.41. The van der Waals surface area contributed by atoms with Crippen LogP contribution in [0.1, 0.15) is 62.6 Å². The number of unbranched alkanes of at least 4 members (excludes halogenated alkanes) is 2. The number of piperidine rings is 1. The Kier molecular flexibility index (Phi) is 10.3. The number of likely N-dealkylation sites (tertiary alicyclic amines) is 1. The number of carbonyl (C=O) groups is 1. The van der Waals surface area contributed by atoms with Crippen LogP contribution in [0.3, 0.4) is 0 Å². The Morgan fingerprint density at radius 3 is 2.67 bits per heavy atom. The second-order valence-electron chi connectivity index (χ2n) is 11.0. The fourth-order valence-electron chi connectivity index (χ4n) is 5.65. The Balaban J connectivity index is 1.24. The van der Waals surface area contributed by atoms with Crippen molar-refractivity contribution in [3.63, 3.8) is 0 Å². The number of alkyl halides is 2. The smallest absolute Gasteiger partial charge is 0.407 e. The van der Waals surface area contributed by atoms with Crippen LogP contribution in [0.15, 0.2) is 47.2 Å². The number of aromatic nitrogens is 2. The SMILES string of the molecule is C[C@@H](Nc1ncnc2c(OCCCCCC3OCCO3)cc(Br)cc12)c1cccc(C(F)(F)C2CCN(C(=O)O)CC2)c1. The molecule has 0 unspecified atom stereocenters. The molecular weight excluding hydrogens is 626 g/mol. The van der Waals surface area contributed by atoms with Gasteiger partial charge in [-0.2, -0.15) is 0 Å². The summed E-state index contributed by atoms with van der Waals surface area (Å²) in [6, 6.07) is 9.87. The first-order valence-corrected chi connectivity index (χ1v) is 15.5. The number of amides is 1. The van der Waals surface area contributed by atoms with Crippen molar-refractivity contribution >= 4 is 38.7 Å². The van der Waals surface area contributed by atoms with Crippen LogP contribution in [0, 0.1) is 5.92 Å². The molecule has 12 heteroatoms. The quantitative estimate of drug-likeness (QED) is 0.194. The van der Waals surface area contributed by atoms with Gasteiger partial charge in [0, 0.05) is 40.5 Å². The first-order valence-electron chi connectivity index (χ1n) is 14.8. The van der Waals surface area contributed by atoms with Gasteiger partial charge in [-0.25, -0.2) is 23.5 Å². The Hall–Kier alpha value is -3.09. The second kappa shape index (κ2) is 14.1. The van der Waals surface area contributed by atoms with Crippen molar-refractivity contribution in [3.05, 3.63) is 58.3 Å². The minimum absolute atomic E-state index is 0.0679. The minimum Gasteiger partial charge on any atom is -0.491 e. The van der Waals surface area contributed by atoms with Gasteiger partial charge in [-0.15, -0.1) is 0 Å². The van der Waals surface area contributed by atoms with E-state index in [0.29, 0.717) is 42.5 Å². The minimum atomic E-state index is -3.07. The fraction of sp³-hybridized carbons (Fsp3) is 0.516. The number of benzene rings is 2. The monoisotopic (exact) mass is 662 g/mol. The van der Waals surface area contributed by atoms with Crippen molar-refractivity contribution in [2.45, 2.75) is 63.7 Å². The Bertz CT molecular complexity index is 1400. The predicted molar refractivity (Wildman–Crippen MR) is 162 cm³/mol. The number of nitrogens with one attached hydrogen (secondary N) is 1. The molecule has 5 rings (SSSR count). The lowest BCUT2D eigenvalue weighted by molar-refractivity contribution is -0.0836. The van der Waals surface area contributed by atoms with Gasteiger partial charge < -0.3 is 29.5 Å². The average molecular weight is 664 g/mol. The number of ether oxygens (including phenoxy) is 3. The van der Waals surface area contributed by atoms with Gasteiger partial charge >= 0.3 is 6.09 Å². The fourth-order valence-corrected chi connectivity index (χ4v) is 6.08. The normalized spacial score (nSPS) is 17.3. The molecule has 2 saturated heterocycles. The highest BCUT2D eigenvalue weighted by Gasteiger charge is 2.43. The summed E-state index contributed by atoms with van der Waals surface area (Å²) in [5, 5.41) is 13.3. The number of halogens is 3. The zero-order valence-electron chi connectivity index (χ0n) is 24.1. The summed E-state index contributed by atoms with van der Waals surface area (Å²) in [5.41, 5.74) is 1.28. The van der Waals surface area contributed by atoms with Crippen molar-refractivity contribution in [1.29, 1.82) is 0 Å². The van der Waals surface area contributed by atoms with E-state index in [-0.39, 0.29) is 43.8 Å². The molecule has 1 amide bonds. The lowest BCUT2D eigenvalue weighted by atomic mass is 9.85. The van der Waals surface area contributed by atoms with Crippen LogP contribution >= 0.6 is 15.9 Å². The first kappa shape index (κ1) is 31.3. The van der Waals surface area contributed by atoms with Crippen molar-refractivity contribution in [3.8, 4) is 5.75 Å². The highest BCUT2D eigenvalue weighted by atomic mass is 79.9. The Morgan fingerprint density at radius 2 is 1.93 bits per heavy atom. The predicted octanol–water partition coefficient (Wildman–Crippen LogP) is 7.36. The molecule has 2 N–H and O–H groups in total. The number of fused-ring (bicyclic) bond motifs is 1. The highest BCUT2D eigenvalue weighted by molar-refractivity contribution is 9.10. The number of carboxylic acid groups (broad SMARTS) is 1. The summed E-state index contributed by atoms with van der Waals surface area (Å²) in [5.74, 6) is -2.78. The molecule has 0 spiro atoms. The van der Waals surface area contributed by atoms with Crippen LogP contribution in [0.25, 0.3) is 10.9 Å². The molecule has 0 saturated carbocycles. The van der Waals surface area contributed by atoms with E-state index in [2.05, 4.69) is 31.2 Å². The maximum atomic E-state index is 15.5. The molecule has 0 radical (unpaired) electrons. The molecule has 0 aliphatic carbocycles. The summed E-state index contributed by atoms with van der Waals surface area (Å²) < 4.78 is 49.0. The van der Waals surface area contributed by atoms with Gasteiger partial charge in [0.1, 0.15) is 23.4 Å². The standard InChI is InChI=1S/C31H37BrF2N4O5/c1-20(21-6-5-7-23(16-21)31(33,34)22-9-11-38(12-10-22)30(39)40)37-29-25-17-24(32)18-26(28(25)35-19-36-29)41-13-4-2-3-8-27-42-14-15-43-27/h5-7,16-20,22,27H,2-4,8-15H2,1H3,(H,39,40)(H,35,36,37)/t20-/m1/s1. The highest BCUT2D eigenvalue weighted by Crippen LogP contribution is 2.42. The lowest BCUT2D eigenvalue weighted by Gasteiger charge is -2.35. The maximum Gasteiger partial charge on any atom is 0.407 e. The number of rotatable bonds is 12. The van der Waals surface area contributed by atoms with E-state index in [9.17, 15) is 4.79 Å². The van der Waals surface area contributed by atoms with Gasteiger partial charge in [-0.1, -0.05) is 34.1 Å². The summed E-state index contributed by atoms with van der Waals surface area (Å²) >= 11 is 3.57. The molecule has 3 heterocycles. The number of anilines is 1. The maximum absolute atomic E-state index is 15.5. The van der Waals surface area contributed by atoms with Crippen LogP contribution in [0.5, 0.6) is 5.75 Å². The van der Waals surface area contributed by atoms with Gasteiger partial charge in [0.15, 0.2) is 6.29 Å². The summed E-state index contributed by atoms with van der Waals surface area (Å²) in [4.78, 5) is 21.3. The van der Waals surface area contributed by atoms with Crippen LogP contribution in [-0.4, -0.2) is 65.3 Å². The summed E-state index contributed by atoms with van der Waals surface area (Å²) in [6.45, 7) is 3.99. The number of hydrogen-bond acceptors (Lipinski definition) is 7. The molecule has 2 aliphatic rings. The molecule has 3 aromatic rings. The van der Waals surface area contributed by atoms with Crippen molar-refractivity contribution in [2.24, 2.45) is 5.92 Å². The van der Waals surface area contributed by atoms with Gasteiger partial charge in [-0.05, 0) is 69.2 Å². The Labute approximate surface area is 258 Å². The van der Waals surface area contributed by atoms with Crippen molar-refractivity contribution < 1.29 is 32.9 Å². The summed E-state index contributed by atoms with van der Waals surface area (Å²) in [7, 11) is 0. The van der Waals surface area contributed by atoms with Gasteiger partial charge in [0.05, 0.1) is 19.8 Å². The number of hydrogen-bond donors (Lipinski definition) is 2. The van der Waals surface area contributed by atoms with Crippen molar-refractivity contribution in [1.82, 2.24) is 14.9 Å². The molecule has 43 heavy (non-hydrogen) atoms. The first-order chi connectivity index (χ1) is 20.7. The van der Waals surface area contributed by atoms with E-state index < -0.39 is 17.9 Å².